The SMILES string of the molecule is CCc1nc2cccc3c2n1-c1cc(-c2cc(-c4ccccc4)cc(-c4ccccc4)c2)ccc1N3c1ccccc1.CCc1nc2cccc3c2n1-c1cc(-c2ccc(-c4ccc(-c5ccccc5)s4)cc2)ccc1N3c1ccccc1.CCc1nc2cccc3c2n1-c1cc(-c2ccccc2)ccc1N3c1ccccc1.CCc1nc2cccc3c2n1-c1cc(-c2ccncc2)ccc1N3c1ccccc1. The van der Waals surface area contributed by atoms with E-state index in [0.29, 0.717) is 0 Å². The molecule has 4 aliphatic heterocycles. The minimum absolute atomic E-state index is 0.852. The summed E-state index contributed by atoms with van der Waals surface area (Å²) in [6.07, 6.45) is 7.15. The molecule has 0 aliphatic carbocycles. The van der Waals surface area contributed by atoms with Gasteiger partial charge in [-0.1, -0.05) is 295 Å². The van der Waals surface area contributed by atoms with Gasteiger partial charge in [0.15, 0.2) is 0 Å². The Morgan fingerprint density at radius 2 is 0.399 bits per heavy atom. The number of hydrogen-bond donors (Lipinski definition) is 0. The fraction of sp³-hybridized carbons (Fsp3) is 0.0620. The lowest BCUT2D eigenvalue weighted by Crippen LogP contribution is -2.19. The van der Waals surface area contributed by atoms with Gasteiger partial charge in [-0.3, -0.25) is 23.3 Å². The van der Waals surface area contributed by atoms with Gasteiger partial charge in [-0.05, 0) is 266 Å². The number of thiophene rings is 1. The van der Waals surface area contributed by atoms with Gasteiger partial charge in [0, 0.05) is 70.6 Å². The number of anilines is 12. The first-order valence-electron chi connectivity index (χ1n) is 49.2. The van der Waals surface area contributed by atoms with Crippen molar-refractivity contribution < 1.29 is 0 Å². The van der Waals surface area contributed by atoms with E-state index in [1.165, 1.54) is 116 Å². The average Bonchev–Trinajstić information content (AvgIpc) is 1.62. The molecule has 4 aliphatic rings. The molecule has 0 unspecified atom stereocenters. The van der Waals surface area contributed by atoms with Crippen LogP contribution < -0.4 is 19.6 Å². The molecule has 0 atom stereocenters. The second-order valence-corrected chi connectivity index (χ2v) is 37.3. The molecule has 28 rings (SSSR count). The van der Waals surface area contributed by atoms with Crippen molar-refractivity contribution in [1.29, 1.82) is 0 Å². The summed E-state index contributed by atoms with van der Waals surface area (Å²) in [4.78, 5) is 36.2. The summed E-state index contributed by atoms with van der Waals surface area (Å²) < 4.78 is 9.44. The number of pyridine rings is 1. The maximum absolute atomic E-state index is 5.08. The van der Waals surface area contributed by atoms with E-state index < -0.39 is 0 Å². The zero-order valence-electron chi connectivity index (χ0n) is 79.5. The Bertz CT molecular complexity index is 8590. The number of nitrogens with zero attached hydrogens (tertiary/aromatic N) is 13. The first-order valence-corrected chi connectivity index (χ1v) is 50.1. The number of hydrogen-bond acceptors (Lipinski definition) is 10. The highest BCUT2D eigenvalue weighted by Crippen LogP contribution is 2.55. The normalized spacial score (nSPS) is 12.1. The van der Waals surface area contributed by atoms with Crippen molar-refractivity contribution in [2.24, 2.45) is 0 Å². The zero-order chi connectivity index (χ0) is 95.5. The number of aryl methyl sites for hydroxylation is 4. The lowest BCUT2D eigenvalue weighted by Gasteiger charge is -2.33. The van der Waals surface area contributed by atoms with Crippen LogP contribution >= 0.6 is 11.3 Å². The van der Waals surface area contributed by atoms with Crippen molar-refractivity contribution in [2.75, 3.05) is 19.6 Å². The highest BCUT2D eigenvalue weighted by molar-refractivity contribution is 7.18. The molecule has 18 aromatic carbocycles. The fourth-order valence-corrected chi connectivity index (χ4v) is 22.2. The van der Waals surface area contributed by atoms with Crippen molar-refractivity contribution in [2.45, 2.75) is 53.4 Å². The summed E-state index contributed by atoms with van der Waals surface area (Å²) in [6, 6.07) is 162. The highest BCUT2D eigenvalue weighted by atomic mass is 32.1. The second-order valence-electron chi connectivity index (χ2n) is 36.2. The smallest absolute Gasteiger partial charge is 0.114 e. The van der Waals surface area contributed by atoms with E-state index in [4.69, 9.17) is 19.9 Å². The van der Waals surface area contributed by atoms with Gasteiger partial charge in [-0.25, -0.2) is 19.9 Å². The van der Waals surface area contributed by atoms with E-state index in [1.807, 2.05) is 23.7 Å². The molecule has 0 saturated heterocycles. The molecule has 143 heavy (non-hydrogen) atoms. The molecule has 13 nitrogen and oxygen atoms in total. The van der Waals surface area contributed by atoms with Crippen molar-refractivity contribution in [3.63, 3.8) is 0 Å². The monoisotopic (exact) mass is 1860 g/mol. The molecular weight excluding hydrogens is 1760 g/mol. The predicted octanol–water partition coefficient (Wildman–Crippen LogP) is 34.3. The van der Waals surface area contributed by atoms with Crippen LogP contribution in [0, 0.1) is 0 Å². The second kappa shape index (κ2) is 37.0. The number of fused-ring (bicyclic) bond motifs is 8. The summed E-state index contributed by atoms with van der Waals surface area (Å²) in [7, 11) is 0. The molecule has 0 radical (unpaired) electrons. The molecule has 0 bridgehead atoms. The molecular formula is C129H97N13S. The Hall–Kier alpha value is -18.1. The van der Waals surface area contributed by atoms with Gasteiger partial charge in [-0.15, -0.1) is 11.3 Å². The molecule has 0 spiro atoms. The Labute approximate surface area is 835 Å². The molecule has 0 fully saturated rings. The summed E-state index contributed by atoms with van der Waals surface area (Å²) in [5.41, 5.74) is 44.2. The zero-order valence-corrected chi connectivity index (χ0v) is 80.3. The number of aromatic nitrogens is 9. The third-order valence-corrected chi connectivity index (χ3v) is 29.0. The van der Waals surface area contributed by atoms with Gasteiger partial charge in [0.25, 0.3) is 0 Å². The van der Waals surface area contributed by atoms with Crippen LogP contribution in [0.3, 0.4) is 0 Å². The van der Waals surface area contributed by atoms with Gasteiger partial charge < -0.3 is 19.6 Å². The van der Waals surface area contributed by atoms with E-state index >= 15 is 0 Å². The lowest BCUT2D eigenvalue weighted by molar-refractivity contribution is 0.900. The van der Waals surface area contributed by atoms with Crippen LogP contribution in [-0.2, 0) is 25.7 Å². The number of rotatable bonds is 16. The van der Waals surface area contributed by atoms with Gasteiger partial charge >= 0.3 is 0 Å². The minimum Gasteiger partial charge on any atom is -0.306 e. The van der Waals surface area contributed by atoms with Crippen LogP contribution in [0.2, 0.25) is 0 Å². The molecule has 14 heteroatoms. The molecule has 6 aromatic heterocycles. The van der Waals surface area contributed by atoms with Crippen molar-refractivity contribution >= 4 is 124 Å². The highest BCUT2D eigenvalue weighted by Gasteiger charge is 2.35. The van der Waals surface area contributed by atoms with Gasteiger partial charge in [0.05, 0.1) is 112 Å². The first kappa shape index (κ1) is 86.5. The summed E-state index contributed by atoms with van der Waals surface area (Å²) in [5, 5.41) is 0. The topological polar surface area (TPSA) is 97.1 Å². The van der Waals surface area contributed by atoms with Crippen LogP contribution in [0.4, 0.5) is 68.2 Å². The molecule has 0 saturated carbocycles. The number of para-hydroxylation sites is 8. The van der Waals surface area contributed by atoms with Crippen molar-refractivity contribution in [3.05, 3.63) is 491 Å². The fourth-order valence-electron chi connectivity index (χ4n) is 21.2. The lowest BCUT2D eigenvalue weighted by atomic mass is 9.93. The predicted molar refractivity (Wildman–Crippen MR) is 594 cm³/mol. The minimum atomic E-state index is 0.852. The standard InChI is InChI=1S/C39H29N3.C37H27N3S.C27H21N3.C26H20N4/c1-2-38-40-34-19-12-20-36-39(34)42(38)37-26-29(21-22-35(37)41(36)33-17-10-5-11-18-33)32-24-30(27-13-6-3-7-14-27)23-31(25-32)28-15-8-4-9-16-28;1-2-36-38-30-14-9-15-32-37(30)40(36)33-24-28(20-21-31(33)39(32)29-12-7-4-8-13-29)25-16-18-27(19-17-25)35-23-22-34(41-35)26-10-5-3-6-11-26;1-2-26-28-22-14-9-15-24-27(22)30(26)25-18-20(19-10-5-3-6-11-19)16-17-23(25)29(24)21-12-7-4-8-13-21;1-2-25-28-21-9-6-10-23-26(21)30(25)24-17-19(18-13-15-27-16-14-18)11-12-22(24)29(23)20-7-4-3-5-8-20/h3-26H,2H2,1H3;3-24H,2H2,1H3;3-18H,2H2,1H3;3-17H,2H2,1H3. The van der Waals surface area contributed by atoms with E-state index in [0.717, 1.165) is 156 Å². The van der Waals surface area contributed by atoms with Gasteiger partial charge in [0.1, 0.15) is 23.3 Å². The van der Waals surface area contributed by atoms with E-state index in [1.54, 1.807) is 0 Å². The van der Waals surface area contributed by atoms with Crippen LogP contribution in [0.5, 0.6) is 0 Å². The van der Waals surface area contributed by atoms with Crippen molar-refractivity contribution in [1.82, 2.24) is 43.2 Å². The first-order chi connectivity index (χ1) is 70.8. The van der Waals surface area contributed by atoms with Gasteiger partial charge in [0.2, 0.25) is 0 Å². The van der Waals surface area contributed by atoms with Crippen molar-refractivity contribution in [3.8, 4) is 110 Å². The molecule has 684 valence electrons. The Morgan fingerprint density at radius 1 is 0.175 bits per heavy atom. The quantitative estimate of drug-likeness (QED) is 0.0937. The largest absolute Gasteiger partial charge is 0.306 e. The molecule has 0 amide bonds. The number of imidazole rings is 4. The van der Waals surface area contributed by atoms with Crippen LogP contribution in [0.1, 0.15) is 51.0 Å². The van der Waals surface area contributed by atoms with E-state index in [-0.39, 0.29) is 0 Å². The third kappa shape index (κ3) is 15.5. The Morgan fingerprint density at radius 3 is 0.685 bits per heavy atom. The summed E-state index contributed by atoms with van der Waals surface area (Å²) in [6.45, 7) is 8.71. The maximum Gasteiger partial charge on any atom is 0.114 e. The summed E-state index contributed by atoms with van der Waals surface area (Å²) >= 11 is 1.84. The Balaban J connectivity index is 0.000000101. The van der Waals surface area contributed by atoms with Crippen LogP contribution in [0.25, 0.3) is 155 Å². The van der Waals surface area contributed by atoms with Gasteiger partial charge in [-0.2, -0.15) is 0 Å². The van der Waals surface area contributed by atoms with E-state index in [2.05, 4.69) is 526 Å². The Kier molecular flexibility index (Phi) is 22.4. The van der Waals surface area contributed by atoms with Crippen LogP contribution in [-0.4, -0.2) is 43.2 Å². The number of benzene rings is 18. The van der Waals surface area contributed by atoms with Crippen LogP contribution in [0.15, 0.2) is 467 Å². The summed E-state index contributed by atoms with van der Waals surface area (Å²) in [5.74, 6) is 4.34. The molecule has 10 heterocycles. The molecule has 0 N–H and O–H groups in total. The molecule has 24 aromatic rings. The van der Waals surface area contributed by atoms with E-state index in [9.17, 15) is 0 Å². The third-order valence-electron chi connectivity index (χ3n) is 27.8. The maximum atomic E-state index is 5.08. The average molecular weight is 1860 g/mol.